The molecule has 0 fully saturated rings. The van der Waals surface area contributed by atoms with Crippen molar-refractivity contribution in [3.8, 4) is 0 Å². The SMILES string of the molecule is CC(C)[C@H](NC(=O)[C@H](Cc1c[nH]c2ccccc12)NC(=O)[C@@H](NC(=O)[C@H](CCC(=O)O)NC(=O)[C@H](CCCN=C(N)N)NC(=O)[C@H](CO)NC(=O)[C@@H](N)CCCN=C(N)N)[C@@H](C)O)C(=O)O. The van der Waals surface area contributed by atoms with Gasteiger partial charge in [-0.2, -0.15) is 0 Å². The Morgan fingerprint density at radius 3 is 1.70 bits per heavy atom. The molecule has 1 heterocycles. The number of carbonyl (C=O) groups is 8. The third-order valence-corrected chi connectivity index (χ3v) is 10.0. The molecule has 366 valence electrons. The van der Waals surface area contributed by atoms with Crippen molar-refractivity contribution >= 4 is 70.2 Å². The van der Waals surface area contributed by atoms with Gasteiger partial charge in [0.15, 0.2) is 11.9 Å². The van der Waals surface area contributed by atoms with Crippen LogP contribution in [-0.4, -0.2) is 153 Å². The van der Waals surface area contributed by atoms with E-state index in [9.17, 15) is 58.8 Å². The highest BCUT2D eigenvalue weighted by Crippen LogP contribution is 2.20. The first-order valence-electron chi connectivity index (χ1n) is 21.0. The second-order valence-corrected chi connectivity index (χ2v) is 15.7. The number of aliphatic hydroxyl groups is 2. The van der Waals surface area contributed by atoms with Gasteiger partial charge in [0.2, 0.25) is 35.4 Å². The summed E-state index contributed by atoms with van der Waals surface area (Å²) in [5.41, 5.74) is 28.6. The number of carboxylic acid groups (broad SMARTS) is 2. The van der Waals surface area contributed by atoms with Gasteiger partial charge in [-0.1, -0.05) is 32.0 Å². The number of guanidine groups is 2. The number of nitrogens with zero attached hydrogens (tertiary/aromatic N) is 2. The third kappa shape index (κ3) is 18.6. The minimum atomic E-state index is -1.83. The minimum absolute atomic E-state index is 0.0290. The van der Waals surface area contributed by atoms with Crippen molar-refractivity contribution in [1.82, 2.24) is 36.9 Å². The second-order valence-electron chi connectivity index (χ2n) is 15.7. The molecular weight excluding hydrogens is 869 g/mol. The molecule has 26 heteroatoms. The molecule has 6 amide bonds. The molecule has 1 aromatic heterocycles. The Kier molecular flexibility index (Phi) is 22.8. The predicted octanol–water partition coefficient (Wildman–Crippen LogP) is -4.97. The van der Waals surface area contributed by atoms with Crippen LogP contribution in [0, 0.1) is 5.92 Å². The van der Waals surface area contributed by atoms with E-state index < -0.39 is 121 Å². The highest BCUT2D eigenvalue weighted by molar-refractivity contribution is 5.97. The average Bonchev–Trinajstić information content (AvgIpc) is 3.65. The third-order valence-electron chi connectivity index (χ3n) is 10.0. The Labute approximate surface area is 379 Å². The monoisotopic (exact) mass is 932 g/mol. The molecule has 0 aliphatic carbocycles. The van der Waals surface area contributed by atoms with Crippen LogP contribution in [0.5, 0.6) is 0 Å². The van der Waals surface area contributed by atoms with Gasteiger partial charge in [0.1, 0.15) is 36.3 Å². The van der Waals surface area contributed by atoms with E-state index in [4.69, 9.17) is 28.7 Å². The van der Waals surface area contributed by atoms with Gasteiger partial charge in [-0.05, 0) is 56.6 Å². The lowest BCUT2D eigenvalue weighted by Gasteiger charge is -2.28. The molecule has 66 heavy (non-hydrogen) atoms. The summed E-state index contributed by atoms with van der Waals surface area (Å²) in [6.07, 6.45) is -1.23. The number of aliphatic carboxylic acids is 2. The zero-order valence-corrected chi connectivity index (χ0v) is 37.0. The van der Waals surface area contributed by atoms with Crippen molar-refractivity contribution in [3.63, 3.8) is 0 Å². The lowest BCUT2D eigenvalue weighted by molar-refractivity contribution is -0.143. The number of amides is 6. The molecule has 8 atom stereocenters. The number of nitrogens with one attached hydrogen (secondary N) is 7. The Morgan fingerprint density at radius 2 is 1.15 bits per heavy atom. The number of para-hydroxylation sites is 1. The number of carbonyl (C=O) groups excluding carboxylic acids is 6. The first-order chi connectivity index (χ1) is 31.0. The smallest absolute Gasteiger partial charge is 0.326 e. The van der Waals surface area contributed by atoms with Crippen molar-refractivity contribution in [1.29, 1.82) is 0 Å². The number of hydrogen-bond acceptors (Lipinski definition) is 13. The van der Waals surface area contributed by atoms with Crippen molar-refractivity contribution in [2.75, 3.05) is 19.7 Å². The summed E-state index contributed by atoms with van der Waals surface area (Å²) in [5, 5.41) is 55.0. The van der Waals surface area contributed by atoms with Gasteiger partial charge < -0.3 is 86.0 Å². The molecule has 0 unspecified atom stereocenters. The Hall–Kier alpha value is -7.06. The molecule has 0 saturated carbocycles. The number of carboxylic acids is 2. The normalized spacial score (nSPS) is 14.7. The van der Waals surface area contributed by atoms with Gasteiger partial charge in [-0.3, -0.25) is 43.5 Å². The number of fused-ring (bicyclic) bond motifs is 1. The Bertz CT molecular complexity index is 2050. The summed E-state index contributed by atoms with van der Waals surface area (Å²) in [4.78, 5) is 116. The fourth-order valence-corrected chi connectivity index (χ4v) is 6.39. The molecule has 26 nitrogen and oxygen atoms in total. The van der Waals surface area contributed by atoms with E-state index >= 15 is 0 Å². The fraction of sp³-hybridized carbons (Fsp3) is 0.550. The van der Waals surface area contributed by atoms with Crippen LogP contribution >= 0.6 is 0 Å². The van der Waals surface area contributed by atoms with E-state index in [-0.39, 0.29) is 50.7 Å². The number of aliphatic hydroxyl groups excluding tert-OH is 2. The summed E-state index contributed by atoms with van der Waals surface area (Å²) >= 11 is 0. The van der Waals surface area contributed by atoms with Crippen LogP contribution in [0.1, 0.15) is 64.9 Å². The molecule has 2 rings (SSSR count). The van der Waals surface area contributed by atoms with E-state index in [1.165, 1.54) is 0 Å². The highest BCUT2D eigenvalue weighted by Gasteiger charge is 2.36. The van der Waals surface area contributed by atoms with Crippen molar-refractivity contribution in [3.05, 3.63) is 36.0 Å². The van der Waals surface area contributed by atoms with Gasteiger partial charge in [0.25, 0.3) is 0 Å². The maximum atomic E-state index is 13.9. The van der Waals surface area contributed by atoms with Crippen LogP contribution in [-0.2, 0) is 44.8 Å². The summed E-state index contributed by atoms with van der Waals surface area (Å²) in [5.74, 6) is -9.78. The molecule has 0 spiro atoms. The Balaban J connectivity index is 2.38. The molecule has 0 saturated heterocycles. The molecule has 0 bridgehead atoms. The minimum Gasteiger partial charge on any atom is -0.481 e. The first-order valence-corrected chi connectivity index (χ1v) is 21.0. The van der Waals surface area contributed by atoms with Crippen LogP contribution in [0.4, 0.5) is 0 Å². The summed E-state index contributed by atoms with van der Waals surface area (Å²) in [6.45, 7) is 3.48. The number of hydrogen-bond donors (Lipinski definition) is 16. The van der Waals surface area contributed by atoms with E-state index in [2.05, 4.69) is 46.9 Å². The number of nitrogens with two attached hydrogens (primary N) is 5. The average molecular weight is 933 g/mol. The number of H-pyrrole nitrogens is 1. The lowest BCUT2D eigenvalue weighted by atomic mass is 10.0. The van der Waals surface area contributed by atoms with Crippen LogP contribution in [0.2, 0.25) is 0 Å². The highest BCUT2D eigenvalue weighted by atomic mass is 16.4. The van der Waals surface area contributed by atoms with E-state index in [1.54, 1.807) is 44.3 Å². The summed E-state index contributed by atoms with van der Waals surface area (Å²) < 4.78 is 0. The number of benzene rings is 1. The molecule has 0 aliphatic heterocycles. The molecule has 2 aromatic rings. The predicted molar refractivity (Wildman–Crippen MR) is 239 cm³/mol. The van der Waals surface area contributed by atoms with Crippen LogP contribution in [0.15, 0.2) is 40.4 Å². The topological polar surface area (TPSA) is 460 Å². The quantitative estimate of drug-likeness (QED) is 0.0206. The van der Waals surface area contributed by atoms with Crippen molar-refractivity contribution in [2.45, 2.75) is 114 Å². The zero-order chi connectivity index (χ0) is 49.7. The molecule has 0 aliphatic rings. The molecule has 0 radical (unpaired) electrons. The molecule has 1 aromatic carbocycles. The van der Waals surface area contributed by atoms with Crippen LogP contribution < -0.4 is 60.6 Å². The number of aliphatic imine (C=N–C) groups is 2. The zero-order valence-electron chi connectivity index (χ0n) is 37.0. The Morgan fingerprint density at radius 1 is 0.652 bits per heavy atom. The number of aromatic nitrogens is 1. The van der Waals surface area contributed by atoms with Gasteiger partial charge in [-0.15, -0.1) is 0 Å². The van der Waals surface area contributed by atoms with Crippen molar-refractivity contribution in [2.24, 2.45) is 44.6 Å². The van der Waals surface area contributed by atoms with Gasteiger partial charge in [0.05, 0.1) is 18.8 Å². The number of aromatic amines is 1. The number of rotatable bonds is 29. The van der Waals surface area contributed by atoms with Gasteiger partial charge in [0, 0.05) is 43.0 Å². The first kappa shape index (κ1) is 55.1. The largest absolute Gasteiger partial charge is 0.481 e. The maximum Gasteiger partial charge on any atom is 0.326 e. The second kappa shape index (κ2) is 27.3. The maximum absolute atomic E-state index is 13.9. The standard InChI is InChI=1S/C40H64N14O12/c1-19(2)30(38(65)66)53-35(62)27(16-21-17-48-24-10-5-4-8-22(21)24)51-37(64)31(20(3)56)54-34(61)26(12-13-29(57)58)50-33(60)25(11-7-15-47-40(44)45)49-36(63)28(18-55)52-32(59)23(41)9-6-14-46-39(42)43/h4-5,8,10,17,19-20,23,25-28,30-31,48,55-56H,6-7,9,11-16,18,41H2,1-3H3,(H,49,63)(H,50,60)(H,51,64)(H,52,59)(H,53,62)(H,54,61)(H,57,58)(H,65,66)(H4,42,43,46)(H4,44,45,47)/t20-,23+,25+,26+,27+,28+,30+,31+/m1/s1. The van der Waals surface area contributed by atoms with Gasteiger partial charge in [-0.25, -0.2) is 4.79 Å². The summed E-state index contributed by atoms with van der Waals surface area (Å²) in [7, 11) is 0. The van der Waals surface area contributed by atoms with Crippen LogP contribution in [0.25, 0.3) is 10.9 Å². The molecule has 21 N–H and O–H groups in total. The van der Waals surface area contributed by atoms with Gasteiger partial charge >= 0.3 is 11.9 Å². The van der Waals surface area contributed by atoms with Crippen LogP contribution in [0.3, 0.4) is 0 Å². The molecular formula is C40H64N14O12. The summed E-state index contributed by atoms with van der Waals surface area (Å²) in [6, 6.07) is -3.58. The van der Waals surface area contributed by atoms with E-state index in [0.717, 1.165) is 6.92 Å². The van der Waals surface area contributed by atoms with E-state index in [1.807, 2.05) is 0 Å². The van der Waals surface area contributed by atoms with Crippen molar-refractivity contribution < 1.29 is 58.8 Å². The van der Waals surface area contributed by atoms with E-state index in [0.29, 0.717) is 22.9 Å². The lowest BCUT2D eigenvalue weighted by Crippen LogP contribution is -2.62. The fourth-order valence-electron chi connectivity index (χ4n) is 6.39.